The van der Waals surface area contributed by atoms with Crippen LogP contribution < -0.4 is 10.1 Å². The van der Waals surface area contributed by atoms with Crippen molar-refractivity contribution in [1.82, 2.24) is 5.32 Å². The molecule has 0 saturated heterocycles. The van der Waals surface area contributed by atoms with Crippen LogP contribution in [-0.2, 0) is 0 Å². The first kappa shape index (κ1) is 17.7. The monoisotopic (exact) mass is 343 g/mol. The fourth-order valence-corrected chi connectivity index (χ4v) is 1.78. The summed E-state index contributed by atoms with van der Waals surface area (Å²) in [5.74, 6) is -5.63. The summed E-state index contributed by atoms with van der Waals surface area (Å²) in [7, 11) is 0. The van der Waals surface area contributed by atoms with Crippen LogP contribution in [0.1, 0.15) is 10.4 Å². The predicted octanol–water partition coefficient (Wildman–Crippen LogP) is 2.41. The molecular weight excluding hydrogens is 330 g/mol. The number of carbonyl (C=O) groups is 1. The minimum Gasteiger partial charge on any atom is -0.491 e. The van der Waals surface area contributed by atoms with E-state index in [1.165, 1.54) is 24.3 Å². The van der Waals surface area contributed by atoms with Gasteiger partial charge in [0.25, 0.3) is 5.91 Å². The average molecular weight is 343 g/mol. The van der Waals surface area contributed by atoms with Crippen LogP contribution >= 0.6 is 0 Å². The van der Waals surface area contributed by atoms with E-state index >= 15 is 0 Å². The van der Waals surface area contributed by atoms with Crippen LogP contribution in [0.25, 0.3) is 0 Å². The molecule has 2 N–H and O–H groups in total. The van der Waals surface area contributed by atoms with Crippen LogP contribution in [0, 0.1) is 23.3 Å². The number of rotatable bonds is 6. The molecule has 1 atom stereocenters. The molecule has 0 spiro atoms. The topological polar surface area (TPSA) is 58.6 Å². The summed E-state index contributed by atoms with van der Waals surface area (Å²) in [5, 5.41) is 11.9. The van der Waals surface area contributed by atoms with Gasteiger partial charge in [-0.2, -0.15) is 0 Å². The van der Waals surface area contributed by atoms with E-state index in [-0.39, 0.29) is 13.2 Å². The molecule has 8 heteroatoms. The number of aliphatic hydroxyl groups is 1. The predicted molar refractivity (Wildman–Crippen MR) is 76.6 cm³/mol. The Morgan fingerprint density at radius 1 is 1.08 bits per heavy atom. The molecule has 0 fully saturated rings. The lowest BCUT2D eigenvalue weighted by Crippen LogP contribution is -2.35. The third-order valence-corrected chi connectivity index (χ3v) is 3.00. The molecule has 0 aliphatic rings. The number of nitrogens with one attached hydrogen (secondary N) is 1. The van der Waals surface area contributed by atoms with Crippen LogP contribution in [0.5, 0.6) is 5.75 Å². The van der Waals surface area contributed by atoms with Crippen molar-refractivity contribution in [2.45, 2.75) is 6.10 Å². The zero-order valence-corrected chi connectivity index (χ0v) is 12.2. The number of hydrogen-bond acceptors (Lipinski definition) is 3. The Bertz CT molecular complexity index is 699. The summed E-state index contributed by atoms with van der Waals surface area (Å²) in [6.45, 7) is -0.460. The molecule has 0 heterocycles. The lowest BCUT2D eigenvalue weighted by atomic mass is 10.2. The number of benzene rings is 2. The summed E-state index contributed by atoms with van der Waals surface area (Å²) in [4.78, 5) is 11.7. The summed E-state index contributed by atoms with van der Waals surface area (Å²) < 4.78 is 56.8. The third-order valence-electron chi connectivity index (χ3n) is 3.00. The molecule has 0 aliphatic heterocycles. The van der Waals surface area contributed by atoms with E-state index in [0.717, 1.165) is 0 Å². The van der Waals surface area contributed by atoms with Crippen LogP contribution in [0.3, 0.4) is 0 Å². The van der Waals surface area contributed by atoms with Gasteiger partial charge in [0.15, 0.2) is 17.5 Å². The summed E-state index contributed by atoms with van der Waals surface area (Å²) in [6, 6.07) is 6.20. The van der Waals surface area contributed by atoms with Crippen LogP contribution in [0.2, 0.25) is 0 Å². The highest BCUT2D eigenvalue weighted by atomic mass is 19.2. The molecule has 4 nitrogen and oxygen atoms in total. The second-order valence-electron chi connectivity index (χ2n) is 4.88. The molecule has 24 heavy (non-hydrogen) atoms. The molecule has 1 amide bonds. The Morgan fingerprint density at radius 3 is 2.25 bits per heavy atom. The van der Waals surface area contributed by atoms with E-state index in [4.69, 9.17) is 4.74 Å². The summed E-state index contributed by atoms with van der Waals surface area (Å²) in [5.41, 5.74) is -0.418. The van der Waals surface area contributed by atoms with Gasteiger partial charge in [-0.25, -0.2) is 17.6 Å². The Morgan fingerprint density at radius 2 is 1.67 bits per heavy atom. The normalized spacial score (nSPS) is 11.9. The lowest BCUT2D eigenvalue weighted by Gasteiger charge is -2.13. The number of amides is 1. The first-order valence-electron chi connectivity index (χ1n) is 6.86. The van der Waals surface area contributed by atoms with Gasteiger partial charge in [0, 0.05) is 12.1 Å². The van der Waals surface area contributed by atoms with Crippen LogP contribution in [0.15, 0.2) is 36.4 Å². The van der Waals surface area contributed by atoms with Gasteiger partial charge in [0.05, 0.1) is 0 Å². The number of carbonyl (C=O) groups excluding carboxylic acids is 1. The van der Waals surface area contributed by atoms with Crippen molar-refractivity contribution in [2.75, 3.05) is 13.2 Å². The molecule has 2 aromatic rings. The maximum absolute atomic E-state index is 13.0. The van der Waals surface area contributed by atoms with Crippen molar-refractivity contribution in [3.63, 3.8) is 0 Å². The second kappa shape index (κ2) is 7.78. The fraction of sp³-hybridized carbons (Fsp3) is 0.188. The molecule has 2 aromatic carbocycles. The number of aliphatic hydroxyl groups excluding tert-OH is 1. The Kier molecular flexibility index (Phi) is 5.75. The van der Waals surface area contributed by atoms with Crippen molar-refractivity contribution < 1.29 is 32.2 Å². The van der Waals surface area contributed by atoms with Gasteiger partial charge in [-0.1, -0.05) is 0 Å². The van der Waals surface area contributed by atoms with E-state index in [9.17, 15) is 27.5 Å². The molecular formula is C16H13F4NO3. The Labute approximate surface area is 134 Å². The molecule has 2 rings (SSSR count). The van der Waals surface area contributed by atoms with E-state index in [2.05, 4.69) is 5.32 Å². The largest absolute Gasteiger partial charge is 0.491 e. The van der Waals surface area contributed by atoms with E-state index in [1.807, 2.05) is 0 Å². The molecule has 128 valence electrons. The van der Waals surface area contributed by atoms with Gasteiger partial charge in [-0.3, -0.25) is 4.79 Å². The zero-order valence-electron chi connectivity index (χ0n) is 12.2. The SMILES string of the molecule is O=C(NCC(O)COc1ccc(F)cc1)c1cc(F)c(F)c(F)c1. The highest BCUT2D eigenvalue weighted by Gasteiger charge is 2.16. The van der Waals surface area contributed by atoms with Gasteiger partial charge in [-0.05, 0) is 36.4 Å². The standard InChI is InChI=1S/C16H13F4NO3/c17-10-1-3-12(4-2-10)24-8-11(22)7-21-16(23)9-5-13(18)15(20)14(19)6-9/h1-6,11,22H,7-8H2,(H,21,23). The van der Waals surface area contributed by atoms with Gasteiger partial charge in [-0.15, -0.1) is 0 Å². The molecule has 0 saturated carbocycles. The number of ether oxygens (including phenoxy) is 1. The maximum Gasteiger partial charge on any atom is 0.251 e. The Hall–Kier alpha value is -2.61. The minimum atomic E-state index is -1.67. The van der Waals surface area contributed by atoms with E-state index < -0.39 is 40.8 Å². The van der Waals surface area contributed by atoms with Crippen molar-refractivity contribution >= 4 is 5.91 Å². The number of hydrogen-bond donors (Lipinski definition) is 2. The fourth-order valence-electron chi connectivity index (χ4n) is 1.78. The molecule has 0 radical (unpaired) electrons. The highest BCUT2D eigenvalue weighted by molar-refractivity contribution is 5.94. The molecule has 1 unspecified atom stereocenters. The van der Waals surface area contributed by atoms with Gasteiger partial charge >= 0.3 is 0 Å². The third kappa shape index (κ3) is 4.69. The first-order chi connectivity index (χ1) is 11.4. The first-order valence-corrected chi connectivity index (χ1v) is 6.86. The quantitative estimate of drug-likeness (QED) is 0.626. The van der Waals surface area contributed by atoms with Crippen molar-refractivity contribution in [3.05, 3.63) is 65.2 Å². The van der Waals surface area contributed by atoms with Crippen LogP contribution in [0.4, 0.5) is 17.6 Å². The molecule has 0 aromatic heterocycles. The minimum absolute atomic E-state index is 0.196. The molecule has 0 bridgehead atoms. The lowest BCUT2D eigenvalue weighted by molar-refractivity contribution is 0.0842. The maximum atomic E-state index is 13.0. The average Bonchev–Trinajstić information content (AvgIpc) is 2.56. The van der Waals surface area contributed by atoms with Crippen molar-refractivity contribution in [3.8, 4) is 5.75 Å². The van der Waals surface area contributed by atoms with Crippen LogP contribution in [-0.4, -0.2) is 30.3 Å². The molecule has 0 aliphatic carbocycles. The van der Waals surface area contributed by atoms with Crippen molar-refractivity contribution in [2.24, 2.45) is 0 Å². The number of halogens is 4. The summed E-state index contributed by atoms with van der Waals surface area (Å²) >= 11 is 0. The van der Waals surface area contributed by atoms with Gasteiger partial charge in [0.2, 0.25) is 0 Å². The Balaban J connectivity index is 1.83. The second-order valence-corrected chi connectivity index (χ2v) is 4.88. The van der Waals surface area contributed by atoms with Crippen molar-refractivity contribution in [1.29, 1.82) is 0 Å². The van der Waals surface area contributed by atoms with E-state index in [0.29, 0.717) is 17.9 Å². The highest BCUT2D eigenvalue weighted by Crippen LogP contribution is 2.14. The van der Waals surface area contributed by atoms with Gasteiger partial charge in [0.1, 0.15) is 24.3 Å². The smallest absolute Gasteiger partial charge is 0.251 e. The van der Waals surface area contributed by atoms with Gasteiger partial charge < -0.3 is 15.2 Å². The zero-order chi connectivity index (χ0) is 17.7. The summed E-state index contributed by atoms with van der Waals surface area (Å²) in [6.07, 6.45) is -1.12. The van der Waals surface area contributed by atoms with E-state index in [1.54, 1.807) is 0 Å².